The van der Waals surface area contributed by atoms with Crippen molar-refractivity contribution in [3.63, 3.8) is 0 Å². The van der Waals surface area contributed by atoms with E-state index in [1.54, 1.807) is 13.8 Å². The average Bonchev–Trinajstić information content (AvgIpc) is 2.50. The highest BCUT2D eigenvalue weighted by Crippen LogP contribution is 2.35. The smallest absolute Gasteiger partial charge is 0.374 e. The zero-order valence-corrected chi connectivity index (χ0v) is 10.8. The van der Waals surface area contributed by atoms with Crippen molar-refractivity contribution in [1.82, 2.24) is 5.06 Å². The quantitative estimate of drug-likeness (QED) is 0.797. The summed E-state index contributed by atoms with van der Waals surface area (Å²) in [5.74, 6) is -0.772. The van der Waals surface area contributed by atoms with Gasteiger partial charge in [0.15, 0.2) is 5.79 Å². The normalized spacial score (nSPS) is 34.6. The third-order valence-corrected chi connectivity index (χ3v) is 3.07. The molecule has 0 aromatic rings. The second kappa shape index (κ2) is 5.17. The maximum absolute atomic E-state index is 12.2. The highest BCUT2D eigenvalue weighted by atomic mass is 19.4. The highest BCUT2D eigenvalue weighted by molar-refractivity contribution is 4.91. The second-order valence-corrected chi connectivity index (χ2v) is 5.30. The third-order valence-electron chi connectivity index (χ3n) is 3.07. The Balaban J connectivity index is 1.93. The molecule has 19 heavy (non-hydrogen) atoms. The van der Waals surface area contributed by atoms with E-state index in [1.165, 1.54) is 0 Å². The first-order valence-corrected chi connectivity index (χ1v) is 6.14. The van der Waals surface area contributed by atoms with Gasteiger partial charge in [0, 0.05) is 6.61 Å². The van der Waals surface area contributed by atoms with Gasteiger partial charge in [-0.25, -0.2) is 0 Å². The Bertz CT molecular complexity index is 324. The van der Waals surface area contributed by atoms with E-state index in [2.05, 4.69) is 0 Å². The summed E-state index contributed by atoms with van der Waals surface area (Å²) in [6.07, 6.45) is -5.10. The molecule has 2 rings (SSSR count). The van der Waals surface area contributed by atoms with Crippen LogP contribution in [0.25, 0.3) is 0 Å². The Kier molecular flexibility index (Phi) is 4.08. The topological polar surface area (TPSA) is 51.2 Å². The number of rotatable bonds is 3. The fourth-order valence-electron chi connectivity index (χ4n) is 2.47. The van der Waals surface area contributed by atoms with Crippen molar-refractivity contribution < 1.29 is 32.6 Å². The third kappa shape index (κ3) is 4.03. The van der Waals surface area contributed by atoms with Gasteiger partial charge in [-0.3, -0.25) is 0 Å². The predicted octanol–water partition coefficient (Wildman–Crippen LogP) is 1.55. The molecule has 0 aromatic heterocycles. The van der Waals surface area contributed by atoms with Gasteiger partial charge in [0.25, 0.3) is 0 Å². The zero-order valence-electron chi connectivity index (χ0n) is 10.8. The number of fused-ring (bicyclic) bond motifs is 1. The number of hydrogen-bond acceptors (Lipinski definition) is 5. The number of nitrogens with zero attached hydrogens (tertiary/aromatic N) is 1. The maximum Gasteiger partial charge on any atom is 0.403 e. The van der Waals surface area contributed by atoms with Crippen LogP contribution in [0.1, 0.15) is 20.3 Å². The monoisotopic (exact) mass is 285 g/mol. The summed E-state index contributed by atoms with van der Waals surface area (Å²) < 4.78 is 53.1. The lowest BCUT2D eigenvalue weighted by molar-refractivity contribution is -0.227. The summed E-state index contributed by atoms with van der Waals surface area (Å²) in [6.45, 7) is 2.21. The molecule has 0 aromatic carbocycles. The van der Waals surface area contributed by atoms with E-state index in [0.717, 1.165) is 0 Å². The molecule has 1 N–H and O–H groups in total. The first-order chi connectivity index (χ1) is 8.66. The maximum atomic E-state index is 12.2. The molecule has 0 bridgehead atoms. The van der Waals surface area contributed by atoms with Gasteiger partial charge in [-0.05, 0) is 20.3 Å². The second-order valence-electron chi connectivity index (χ2n) is 5.30. The van der Waals surface area contributed by atoms with Crippen molar-refractivity contribution >= 4 is 0 Å². The molecule has 2 heterocycles. The molecule has 0 saturated carbocycles. The van der Waals surface area contributed by atoms with Crippen molar-refractivity contribution in [2.75, 3.05) is 19.7 Å². The minimum atomic E-state index is -4.45. The number of alkyl halides is 3. The molecule has 0 amide bonds. The first-order valence-electron chi connectivity index (χ1n) is 6.14. The molecule has 5 nitrogen and oxygen atoms in total. The SMILES string of the molecule is CC1(C)O[C@H]2[C@H](CCO[C@@H]2CN(O)CC(F)(F)F)O1. The summed E-state index contributed by atoms with van der Waals surface area (Å²) in [4.78, 5) is 0. The van der Waals surface area contributed by atoms with E-state index in [9.17, 15) is 18.4 Å². The summed E-state index contributed by atoms with van der Waals surface area (Å²) in [5.41, 5.74) is 0. The molecule has 3 atom stereocenters. The van der Waals surface area contributed by atoms with Crippen molar-refractivity contribution in [1.29, 1.82) is 0 Å². The van der Waals surface area contributed by atoms with Crippen LogP contribution in [0.5, 0.6) is 0 Å². The number of halogens is 3. The summed E-state index contributed by atoms with van der Waals surface area (Å²) in [5, 5.41) is 9.53. The Morgan fingerprint density at radius 1 is 1.32 bits per heavy atom. The van der Waals surface area contributed by atoms with Crippen LogP contribution < -0.4 is 0 Å². The van der Waals surface area contributed by atoms with Crippen LogP contribution in [0.2, 0.25) is 0 Å². The van der Waals surface area contributed by atoms with E-state index in [4.69, 9.17) is 14.2 Å². The van der Waals surface area contributed by atoms with Crippen LogP contribution in [0, 0.1) is 0 Å². The van der Waals surface area contributed by atoms with Crippen LogP contribution in [0.4, 0.5) is 13.2 Å². The minimum Gasteiger partial charge on any atom is -0.374 e. The van der Waals surface area contributed by atoms with E-state index in [1.807, 2.05) is 0 Å². The first kappa shape index (κ1) is 15.0. The molecular formula is C11H18F3NO4. The van der Waals surface area contributed by atoms with Crippen LogP contribution in [-0.2, 0) is 14.2 Å². The highest BCUT2D eigenvalue weighted by Gasteiger charge is 2.48. The Hall–Kier alpha value is -0.410. The lowest BCUT2D eigenvalue weighted by Crippen LogP contribution is -2.49. The van der Waals surface area contributed by atoms with Gasteiger partial charge in [0.2, 0.25) is 0 Å². The number of ether oxygens (including phenoxy) is 3. The molecule has 112 valence electrons. The van der Waals surface area contributed by atoms with E-state index in [-0.39, 0.29) is 17.7 Å². The Morgan fingerprint density at radius 3 is 2.63 bits per heavy atom. The van der Waals surface area contributed by atoms with Gasteiger partial charge in [-0.15, -0.1) is 0 Å². The van der Waals surface area contributed by atoms with Crippen LogP contribution in [0.15, 0.2) is 0 Å². The lowest BCUT2D eigenvalue weighted by Gasteiger charge is -2.33. The van der Waals surface area contributed by atoms with E-state index >= 15 is 0 Å². The zero-order chi connectivity index (χ0) is 14.3. The van der Waals surface area contributed by atoms with Crippen LogP contribution in [-0.4, -0.2) is 60.2 Å². The van der Waals surface area contributed by atoms with Crippen molar-refractivity contribution in [3.8, 4) is 0 Å². The standard InChI is InChI=1S/C11H18F3NO4/c1-10(2)18-7-3-4-17-8(9(7)19-10)5-15(16)6-11(12,13)14/h7-9,16H,3-6H2,1-2H3/t7-,8+,9-/m0/s1. The van der Waals surface area contributed by atoms with Gasteiger partial charge in [-0.1, -0.05) is 0 Å². The van der Waals surface area contributed by atoms with Gasteiger partial charge >= 0.3 is 6.18 Å². The van der Waals surface area contributed by atoms with Gasteiger partial charge in [-0.2, -0.15) is 18.2 Å². The fourth-order valence-corrected chi connectivity index (χ4v) is 2.47. The summed E-state index contributed by atoms with van der Waals surface area (Å²) in [7, 11) is 0. The van der Waals surface area contributed by atoms with Gasteiger partial charge < -0.3 is 19.4 Å². The molecule has 8 heteroatoms. The van der Waals surface area contributed by atoms with E-state index in [0.29, 0.717) is 13.0 Å². The lowest BCUT2D eigenvalue weighted by atomic mass is 10.0. The molecule has 2 aliphatic heterocycles. The molecule has 2 aliphatic rings. The Labute approximate surface area is 109 Å². The molecule has 2 saturated heterocycles. The van der Waals surface area contributed by atoms with Crippen LogP contribution in [0.3, 0.4) is 0 Å². The summed E-state index contributed by atoms with van der Waals surface area (Å²) in [6, 6.07) is 0. The van der Waals surface area contributed by atoms with Crippen molar-refractivity contribution in [2.45, 2.75) is 50.5 Å². The fraction of sp³-hybridized carbons (Fsp3) is 1.00. The molecular weight excluding hydrogens is 267 g/mol. The number of hydroxylamine groups is 2. The molecule has 0 radical (unpaired) electrons. The average molecular weight is 285 g/mol. The van der Waals surface area contributed by atoms with Gasteiger partial charge in [0.05, 0.1) is 12.6 Å². The predicted molar refractivity (Wildman–Crippen MR) is 57.6 cm³/mol. The Morgan fingerprint density at radius 2 is 2.00 bits per heavy atom. The molecule has 2 fully saturated rings. The molecule has 0 spiro atoms. The number of hydrogen-bond donors (Lipinski definition) is 1. The summed E-state index contributed by atoms with van der Waals surface area (Å²) >= 11 is 0. The molecule has 0 unspecified atom stereocenters. The van der Waals surface area contributed by atoms with Crippen LogP contribution >= 0.6 is 0 Å². The largest absolute Gasteiger partial charge is 0.403 e. The minimum absolute atomic E-state index is 0.201. The van der Waals surface area contributed by atoms with E-state index < -0.39 is 30.7 Å². The van der Waals surface area contributed by atoms with Gasteiger partial charge in [0.1, 0.15) is 18.8 Å². The van der Waals surface area contributed by atoms with Crippen molar-refractivity contribution in [2.24, 2.45) is 0 Å². The molecule has 0 aliphatic carbocycles. The van der Waals surface area contributed by atoms with Crippen molar-refractivity contribution in [3.05, 3.63) is 0 Å².